The van der Waals surface area contributed by atoms with Gasteiger partial charge in [-0.25, -0.2) is 4.98 Å². The lowest BCUT2D eigenvalue weighted by Crippen LogP contribution is -2.03. The van der Waals surface area contributed by atoms with Crippen LogP contribution in [0, 0.1) is 0 Å². The van der Waals surface area contributed by atoms with Gasteiger partial charge in [-0.1, -0.05) is 12.1 Å². The largest absolute Gasteiger partial charge is 0.481 e. The molecule has 0 aliphatic rings. The van der Waals surface area contributed by atoms with Crippen molar-refractivity contribution in [3.8, 4) is 0 Å². The first kappa shape index (κ1) is 10.6. The Morgan fingerprint density at radius 2 is 2.19 bits per heavy atom. The summed E-state index contributed by atoms with van der Waals surface area (Å²) in [4.78, 5) is 17.5. The molecule has 1 heterocycles. The van der Waals surface area contributed by atoms with Gasteiger partial charge in [0.25, 0.3) is 0 Å². The Labute approximate surface area is 91.8 Å². The van der Waals surface area contributed by atoms with E-state index in [-0.39, 0.29) is 12.8 Å². The molecule has 1 unspecified atom stereocenters. The summed E-state index contributed by atoms with van der Waals surface area (Å²) in [6.45, 7) is 0. The summed E-state index contributed by atoms with van der Waals surface area (Å²) in [6.07, 6.45) is -0.767. The normalized spacial score (nSPS) is 12.8. The minimum atomic E-state index is -0.921. The van der Waals surface area contributed by atoms with E-state index < -0.39 is 12.1 Å². The van der Waals surface area contributed by atoms with E-state index in [9.17, 15) is 9.90 Å². The number of fused-ring (bicyclic) bond motifs is 1. The van der Waals surface area contributed by atoms with Crippen LogP contribution < -0.4 is 0 Å². The van der Waals surface area contributed by atoms with Gasteiger partial charge in [0.05, 0.1) is 11.0 Å². The fourth-order valence-corrected chi connectivity index (χ4v) is 1.53. The lowest BCUT2D eigenvalue weighted by molar-refractivity contribution is -0.137. The van der Waals surface area contributed by atoms with Gasteiger partial charge in [-0.3, -0.25) is 4.79 Å². The molecule has 2 aromatic rings. The second kappa shape index (κ2) is 4.32. The predicted molar refractivity (Wildman–Crippen MR) is 57.9 cm³/mol. The molecule has 2 rings (SSSR count). The Morgan fingerprint density at radius 3 is 2.88 bits per heavy atom. The van der Waals surface area contributed by atoms with Crippen molar-refractivity contribution >= 4 is 17.0 Å². The first-order valence-electron chi connectivity index (χ1n) is 5.01. The van der Waals surface area contributed by atoms with Crippen LogP contribution >= 0.6 is 0 Å². The maximum atomic E-state index is 10.4. The molecule has 1 aromatic heterocycles. The number of aromatic amines is 1. The van der Waals surface area contributed by atoms with E-state index in [0.717, 1.165) is 11.0 Å². The standard InChI is InChI=1S/C11H12N2O3/c14-9(5-6-10(15)16)11-12-7-3-1-2-4-8(7)13-11/h1-4,9,14H,5-6H2,(H,12,13)(H,15,16). The molecule has 5 heteroatoms. The quantitative estimate of drug-likeness (QED) is 0.728. The number of hydrogen-bond donors (Lipinski definition) is 3. The monoisotopic (exact) mass is 220 g/mol. The summed E-state index contributed by atoms with van der Waals surface area (Å²) < 4.78 is 0. The number of nitrogens with one attached hydrogen (secondary N) is 1. The minimum Gasteiger partial charge on any atom is -0.481 e. The molecular formula is C11H12N2O3. The summed E-state index contributed by atoms with van der Waals surface area (Å²) in [5.74, 6) is -0.502. The molecule has 5 nitrogen and oxygen atoms in total. The number of hydrogen-bond acceptors (Lipinski definition) is 3. The van der Waals surface area contributed by atoms with Crippen LogP contribution in [0.25, 0.3) is 11.0 Å². The summed E-state index contributed by atoms with van der Waals surface area (Å²) in [5.41, 5.74) is 1.61. The van der Waals surface area contributed by atoms with Crippen LogP contribution in [0.15, 0.2) is 24.3 Å². The van der Waals surface area contributed by atoms with Crippen molar-refractivity contribution in [2.75, 3.05) is 0 Å². The van der Waals surface area contributed by atoms with E-state index in [2.05, 4.69) is 9.97 Å². The fourth-order valence-electron chi connectivity index (χ4n) is 1.53. The van der Waals surface area contributed by atoms with Gasteiger partial charge in [-0.05, 0) is 18.6 Å². The fraction of sp³-hybridized carbons (Fsp3) is 0.273. The van der Waals surface area contributed by atoms with Crippen molar-refractivity contribution in [3.05, 3.63) is 30.1 Å². The van der Waals surface area contributed by atoms with Crippen molar-refractivity contribution < 1.29 is 15.0 Å². The molecule has 0 saturated heterocycles. The highest BCUT2D eigenvalue weighted by molar-refractivity contribution is 5.74. The number of para-hydroxylation sites is 2. The Kier molecular flexibility index (Phi) is 2.87. The van der Waals surface area contributed by atoms with Gasteiger partial charge in [0, 0.05) is 6.42 Å². The maximum absolute atomic E-state index is 10.4. The SMILES string of the molecule is O=C(O)CCC(O)c1nc2ccccc2[nH]1. The smallest absolute Gasteiger partial charge is 0.303 e. The van der Waals surface area contributed by atoms with Gasteiger partial charge >= 0.3 is 5.97 Å². The van der Waals surface area contributed by atoms with Crippen LogP contribution in [-0.2, 0) is 4.79 Å². The Bertz CT molecular complexity index is 474. The third kappa shape index (κ3) is 2.20. The van der Waals surface area contributed by atoms with Crippen LogP contribution in [-0.4, -0.2) is 26.2 Å². The maximum Gasteiger partial charge on any atom is 0.303 e. The zero-order valence-corrected chi connectivity index (χ0v) is 8.55. The van der Waals surface area contributed by atoms with Crippen molar-refractivity contribution in [3.63, 3.8) is 0 Å². The van der Waals surface area contributed by atoms with E-state index in [1.165, 1.54) is 0 Å². The molecule has 0 saturated carbocycles. The first-order valence-corrected chi connectivity index (χ1v) is 5.01. The number of aromatic nitrogens is 2. The zero-order chi connectivity index (χ0) is 11.5. The number of aliphatic hydroxyl groups excluding tert-OH is 1. The van der Waals surface area contributed by atoms with E-state index in [0.29, 0.717) is 5.82 Å². The third-order valence-corrected chi connectivity index (χ3v) is 2.35. The van der Waals surface area contributed by atoms with Crippen LogP contribution in [0.3, 0.4) is 0 Å². The molecule has 16 heavy (non-hydrogen) atoms. The number of aliphatic carboxylic acids is 1. The Morgan fingerprint density at radius 1 is 1.44 bits per heavy atom. The number of benzene rings is 1. The average molecular weight is 220 g/mol. The van der Waals surface area contributed by atoms with E-state index in [1.807, 2.05) is 24.3 Å². The molecule has 3 N–H and O–H groups in total. The molecule has 0 amide bonds. The predicted octanol–water partition coefficient (Wildman–Crippen LogP) is 1.46. The van der Waals surface area contributed by atoms with E-state index in [1.54, 1.807) is 0 Å². The zero-order valence-electron chi connectivity index (χ0n) is 8.55. The summed E-state index contributed by atoms with van der Waals surface area (Å²) in [7, 11) is 0. The van der Waals surface area contributed by atoms with Crippen molar-refractivity contribution in [2.24, 2.45) is 0 Å². The molecule has 0 radical (unpaired) electrons. The highest BCUT2D eigenvalue weighted by atomic mass is 16.4. The van der Waals surface area contributed by atoms with Crippen LogP contribution in [0.1, 0.15) is 24.8 Å². The van der Waals surface area contributed by atoms with Gasteiger partial charge in [-0.2, -0.15) is 0 Å². The Hall–Kier alpha value is -1.88. The van der Waals surface area contributed by atoms with Crippen molar-refractivity contribution in [1.29, 1.82) is 0 Å². The number of rotatable bonds is 4. The number of nitrogens with zero attached hydrogens (tertiary/aromatic N) is 1. The lowest BCUT2D eigenvalue weighted by atomic mass is 10.2. The highest BCUT2D eigenvalue weighted by Crippen LogP contribution is 2.19. The minimum absolute atomic E-state index is 0.0712. The number of aliphatic hydroxyl groups is 1. The second-order valence-corrected chi connectivity index (χ2v) is 3.59. The molecule has 0 aliphatic heterocycles. The summed E-state index contributed by atoms with van der Waals surface area (Å²) >= 11 is 0. The molecule has 1 aromatic carbocycles. The Balaban J connectivity index is 2.16. The molecule has 0 spiro atoms. The number of imidazole rings is 1. The molecule has 0 fully saturated rings. The van der Waals surface area contributed by atoms with Gasteiger partial charge in [0.2, 0.25) is 0 Å². The highest BCUT2D eigenvalue weighted by Gasteiger charge is 2.13. The average Bonchev–Trinajstić information content (AvgIpc) is 2.69. The van der Waals surface area contributed by atoms with Gasteiger partial charge in [0.15, 0.2) is 0 Å². The number of carboxylic acid groups (broad SMARTS) is 1. The van der Waals surface area contributed by atoms with Gasteiger partial charge in [-0.15, -0.1) is 0 Å². The number of carboxylic acids is 1. The van der Waals surface area contributed by atoms with Crippen molar-refractivity contribution in [1.82, 2.24) is 9.97 Å². The molecule has 1 atom stereocenters. The summed E-state index contributed by atoms with van der Waals surface area (Å²) in [6, 6.07) is 7.42. The first-order chi connectivity index (χ1) is 7.66. The summed E-state index contributed by atoms with van der Waals surface area (Å²) in [5, 5.41) is 18.2. The third-order valence-electron chi connectivity index (χ3n) is 2.35. The second-order valence-electron chi connectivity index (χ2n) is 3.59. The van der Waals surface area contributed by atoms with Gasteiger partial charge < -0.3 is 15.2 Å². The van der Waals surface area contributed by atoms with Crippen LogP contribution in [0.2, 0.25) is 0 Å². The molecule has 84 valence electrons. The van der Waals surface area contributed by atoms with Crippen LogP contribution in [0.4, 0.5) is 0 Å². The number of carbonyl (C=O) groups is 1. The van der Waals surface area contributed by atoms with Gasteiger partial charge in [0.1, 0.15) is 11.9 Å². The molecule has 0 aliphatic carbocycles. The number of H-pyrrole nitrogens is 1. The van der Waals surface area contributed by atoms with E-state index >= 15 is 0 Å². The topological polar surface area (TPSA) is 86.2 Å². The van der Waals surface area contributed by atoms with E-state index in [4.69, 9.17) is 5.11 Å². The van der Waals surface area contributed by atoms with Crippen LogP contribution in [0.5, 0.6) is 0 Å². The molecule has 0 bridgehead atoms. The lowest BCUT2D eigenvalue weighted by Gasteiger charge is -2.04. The van der Waals surface area contributed by atoms with Crippen molar-refractivity contribution in [2.45, 2.75) is 18.9 Å². The molecular weight excluding hydrogens is 208 g/mol.